The maximum absolute atomic E-state index is 14.5. The van der Waals surface area contributed by atoms with Crippen molar-refractivity contribution in [2.24, 2.45) is 0 Å². The molecule has 0 saturated heterocycles. The first-order valence-corrected chi connectivity index (χ1v) is 14.9. The number of carbonyl (C=O) groups excluding carboxylic acids is 1. The molecule has 6 nitrogen and oxygen atoms in total. The van der Waals surface area contributed by atoms with Gasteiger partial charge in [-0.15, -0.1) is 0 Å². The highest BCUT2D eigenvalue weighted by molar-refractivity contribution is 6.09. The topological polar surface area (TPSA) is 52.9 Å². The van der Waals surface area contributed by atoms with Gasteiger partial charge in [-0.3, -0.25) is 4.79 Å². The summed E-state index contributed by atoms with van der Waals surface area (Å²) >= 11 is 0. The summed E-state index contributed by atoms with van der Waals surface area (Å²) in [7, 11) is 3.17. The molecule has 1 aliphatic heterocycles. The number of anilines is 1. The van der Waals surface area contributed by atoms with Gasteiger partial charge in [0.15, 0.2) is 11.5 Å². The lowest BCUT2D eigenvalue weighted by atomic mass is 9.90. The number of para-hydroxylation sites is 3. The molecular weight excluding hydrogens is 548 g/mol. The van der Waals surface area contributed by atoms with Gasteiger partial charge in [-0.25, -0.2) is 0 Å². The molecule has 2 heterocycles. The molecule has 220 valence electrons. The van der Waals surface area contributed by atoms with E-state index in [9.17, 15) is 4.79 Å². The minimum atomic E-state index is -0.223. The number of fused-ring (bicyclic) bond motifs is 4. The van der Waals surface area contributed by atoms with E-state index in [-0.39, 0.29) is 18.0 Å². The fraction of sp³-hybridized carbons (Fsp3) is 0.184. The van der Waals surface area contributed by atoms with Gasteiger partial charge in [-0.2, -0.15) is 0 Å². The number of aromatic nitrogens is 1. The zero-order valence-corrected chi connectivity index (χ0v) is 24.9. The standard InChI is InChI=1S/C38H34N2O4/c1-42-36-21-20-27(22-37(36)43-2)38(41)39-28(25-44-24-26-12-4-3-5-13-26)23-35(31-16-8-11-19-34(31)39)40-32-17-9-6-14-29(32)30-15-7-10-18-33(30)40/h3-22,28,35H,23-25H2,1-2H3. The summed E-state index contributed by atoms with van der Waals surface area (Å²) in [6, 6.07) is 40.7. The van der Waals surface area contributed by atoms with Crippen LogP contribution < -0.4 is 14.4 Å². The lowest BCUT2D eigenvalue weighted by Crippen LogP contribution is -2.48. The van der Waals surface area contributed by atoms with Crippen molar-refractivity contribution in [3.05, 3.63) is 138 Å². The van der Waals surface area contributed by atoms with Crippen LogP contribution in [-0.2, 0) is 11.3 Å². The van der Waals surface area contributed by atoms with Crippen LogP contribution in [0, 0.1) is 0 Å². The highest BCUT2D eigenvalue weighted by Crippen LogP contribution is 2.44. The first kappa shape index (κ1) is 27.7. The third-order valence-electron chi connectivity index (χ3n) is 8.62. The van der Waals surface area contributed by atoms with Crippen molar-refractivity contribution in [2.75, 3.05) is 25.7 Å². The second-order valence-electron chi connectivity index (χ2n) is 11.1. The van der Waals surface area contributed by atoms with Crippen molar-refractivity contribution in [1.29, 1.82) is 0 Å². The summed E-state index contributed by atoms with van der Waals surface area (Å²) in [6.07, 6.45) is 0.688. The molecule has 0 fully saturated rings. The summed E-state index contributed by atoms with van der Waals surface area (Å²) in [5.74, 6) is 0.994. The largest absolute Gasteiger partial charge is 0.493 e. The summed E-state index contributed by atoms with van der Waals surface area (Å²) in [5.41, 5.74) is 5.97. The fourth-order valence-corrected chi connectivity index (χ4v) is 6.62. The lowest BCUT2D eigenvalue weighted by molar-refractivity contribution is 0.0837. The van der Waals surface area contributed by atoms with E-state index in [1.165, 1.54) is 21.8 Å². The molecule has 0 spiro atoms. The number of nitrogens with zero attached hydrogens (tertiary/aromatic N) is 2. The number of hydrogen-bond donors (Lipinski definition) is 0. The highest BCUT2D eigenvalue weighted by Gasteiger charge is 2.38. The molecule has 0 N–H and O–H groups in total. The molecule has 6 aromatic rings. The molecule has 1 aromatic heterocycles. The van der Waals surface area contributed by atoms with E-state index in [1.807, 2.05) is 29.2 Å². The average molecular weight is 583 g/mol. The number of benzene rings is 5. The first-order valence-electron chi connectivity index (χ1n) is 14.9. The Morgan fingerprint density at radius 1 is 0.727 bits per heavy atom. The number of amides is 1. The molecule has 6 heteroatoms. The van der Waals surface area contributed by atoms with E-state index in [1.54, 1.807) is 32.4 Å². The van der Waals surface area contributed by atoms with Gasteiger partial charge < -0.3 is 23.7 Å². The monoisotopic (exact) mass is 582 g/mol. The molecule has 1 amide bonds. The molecule has 44 heavy (non-hydrogen) atoms. The van der Waals surface area contributed by atoms with Gasteiger partial charge in [-0.05, 0) is 53.9 Å². The van der Waals surface area contributed by atoms with E-state index >= 15 is 0 Å². The predicted molar refractivity (Wildman–Crippen MR) is 175 cm³/mol. The van der Waals surface area contributed by atoms with Gasteiger partial charge in [0, 0.05) is 33.1 Å². The number of methoxy groups -OCH3 is 2. The van der Waals surface area contributed by atoms with Gasteiger partial charge in [0.25, 0.3) is 5.91 Å². The highest BCUT2D eigenvalue weighted by atomic mass is 16.5. The maximum atomic E-state index is 14.5. The summed E-state index contributed by atoms with van der Waals surface area (Å²) in [6.45, 7) is 0.854. The number of hydrogen-bond acceptors (Lipinski definition) is 4. The summed E-state index contributed by atoms with van der Waals surface area (Å²) < 4.78 is 19.8. The van der Waals surface area contributed by atoms with Crippen molar-refractivity contribution >= 4 is 33.4 Å². The van der Waals surface area contributed by atoms with Crippen molar-refractivity contribution in [3.63, 3.8) is 0 Å². The molecule has 0 radical (unpaired) electrons. The van der Waals surface area contributed by atoms with Crippen molar-refractivity contribution < 1.29 is 19.0 Å². The Morgan fingerprint density at radius 2 is 1.36 bits per heavy atom. The number of rotatable bonds is 8. The van der Waals surface area contributed by atoms with E-state index in [2.05, 4.69) is 83.4 Å². The van der Waals surface area contributed by atoms with Crippen molar-refractivity contribution in [2.45, 2.75) is 25.1 Å². The Bertz CT molecular complexity index is 1890. The summed E-state index contributed by atoms with van der Waals surface area (Å²) in [5, 5.41) is 2.45. The van der Waals surface area contributed by atoms with Crippen LogP contribution >= 0.6 is 0 Å². The van der Waals surface area contributed by atoms with Crippen LogP contribution in [0.2, 0.25) is 0 Å². The second-order valence-corrected chi connectivity index (χ2v) is 11.1. The molecule has 2 atom stereocenters. The van der Waals surface area contributed by atoms with Crippen molar-refractivity contribution in [3.8, 4) is 11.5 Å². The Labute approximate surface area is 257 Å². The molecule has 0 saturated carbocycles. The zero-order valence-electron chi connectivity index (χ0n) is 24.9. The molecule has 0 bridgehead atoms. The molecular formula is C38H34N2O4. The van der Waals surface area contributed by atoms with Crippen LogP contribution in [0.4, 0.5) is 5.69 Å². The third-order valence-corrected chi connectivity index (χ3v) is 8.62. The van der Waals surface area contributed by atoms with E-state index in [4.69, 9.17) is 14.2 Å². The Hall–Kier alpha value is -5.07. The number of carbonyl (C=O) groups is 1. The van der Waals surface area contributed by atoms with Crippen LogP contribution in [-0.4, -0.2) is 37.3 Å². The Morgan fingerprint density at radius 3 is 2.07 bits per heavy atom. The molecule has 1 aliphatic rings. The lowest BCUT2D eigenvalue weighted by Gasteiger charge is -2.42. The third kappa shape index (κ3) is 4.87. The predicted octanol–water partition coefficient (Wildman–Crippen LogP) is 8.04. The van der Waals surface area contributed by atoms with Crippen LogP contribution in [0.3, 0.4) is 0 Å². The first-order chi connectivity index (χ1) is 21.7. The van der Waals surface area contributed by atoms with Crippen molar-refractivity contribution in [1.82, 2.24) is 4.57 Å². The van der Waals surface area contributed by atoms with Crippen LogP contribution in [0.1, 0.15) is 33.9 Å². The normalized spacial score (nSPS) is 16.2. The van der Waals surface area contributed by atoms with Gasteiger partial charge in [0.05, 0.1) is 39.5 Å². The maximum Gasteiger partial charge on any atom is 0.258 e. The van der Waals surface area contributed by atoms with E-state index in [0.717, 1.165) is 16.8 Å². The quantitative estimate of drug-likeness (QED) is 0.182. The van der Waals surface area contributed by atoms with Gasteiger partial charge in [0.1, 0.15) is 0 Å². The second kappa shape index (κ2) is 11.9. The minimum absolute atomic E-state index is 0.00391. The summed E-state index contributed by atoms with van der Waals surface area (Å²) in [4.78, 5) is 16.4. The Kier molecular flexibility index (Phi) is 7.50. The van der Waals surface area contributed by atoms with Gasteiger partial charge in [0.2, 0.25) is 0 Å². The SMILES string of the molecule is COc1ccc(C(=O)N2c3ccccc3C(n3c4ccccc4c4ccccc43)CC2COCc2ccccc2)cc1OC. The van der Waals surface area contributed by atoms with Crippen LogP contribution in [0.15, 0.2) is 121 Å². The average Bonchev–Trinajstić information content (AvgIpc) is 3.42. The molecule has 0 aliphatic carbocycles. The van der Waals surface area contributed by atoms with E-state index < -0.39 is 0 Å². The van der Waals surface area contributed by atoms with Gasteiger partial charge in [-0.1, -0.05) is 84.9 Å². The molecule has 5 aromatic carbocycles. The Balaban J connectivity index is 1.35. The fourth-order valence-electron chi connectivity index (χ4n) is 6.62. The molecule has 2 unspecified atom stereocenters. The van der Waals surface area contributed by atoms with Crippen LogP contribution in [0.5, 0.6) is 11.5 Å². The number of ether oxygens (including phenoxy) is 3. The zero-order chi connectivity index (χ0) is 30.0. The molecule has 7 rings (SSSR count). The smallest absolute Gasteiger partial charge is 0.258 e. The van der Waals surface area contributed by atoms with Crippen LogP contribution in [0.25, 0.3) is 21.8 Å². The van der Waals surface area contributed by atoms with E-state index in [0.29, 0.717) is 36.7 Å². The van der Waals surface area contributed by atoms with Gasteiger partial charge >= 0.3 is 0 Å². The minimum Gasteiger partial charge on any atom is -0.493 e.